The van der Waals surface area contributed by atoms with Gasteiger partial charge in [0.1, 0.15) is 16.4 Å². The molecule has 0 amide bonds. The Morgan fingerprint density at radius 2 is 1.83 bits per heavy atom. The third-order valence-corrected chi connectivity index (χ3v) is 6.74. The number of anilines is 2. The first-order valence-electron chi connectivity index (χ1n) is 9.70. The van der Waals surface area contributed by atoms with Crippen molar-refractivity contribution in [2.45, 2.75) is 25.3 Å². The van der Waals surface area contributed by atoms with Gasteiger partial charge in [-0.1, -0.05) is 24.3 Å². The number of hydrogen-bond donors (Lipinski definition) is 1. The van der Waals surface area contributed by atoms with Gasteiger partial charge in [-0.25, -0.2) is 18.4 Å². The molecule has 0 atom stereocenters. The fraction of sp³-hybridized carbons (Fsp3) is 0.182. The molecule has 7 nitrogen and oxygen atoms in total. The van der Waals surface area contributed by atoms with E-state index in [1.807, 2.05) is 60.8 Å². The van der Waals surface area contributed by atoms with Crippen molar-refractivity contribution in [2.24, 2.45) is 0 Å². The van der Waals surface area contributed by atoms with Gasteiger partial charge in [-0.2, -0.15) is 0 Å². The molecule has 0 unspecified atom stereocenters. The molecule has 0 bridgehead atoms. The summed E-state index contributed by atoms with van der Waals surface area (Å²) in [7, 11) is -3.68. The monoisotopic (exact) mass is 421 g/mol. The third-order valence-electron chi connectivity index (χ3n) is 4.85. The minimum Gasteiger partial charge on any atom is -0.364 e. The highest BCUT2D eigenvalue weighted by atomic mass is 32.2. The van der Waals surface area contributed by atoms with Crippen molar-refractivity contribution in [1.29, 1.82) is 0 Å². The lowest BCUT2D eigenvalue weighted by Gasteiger charge is -2.22. The minimum atomic E-state index is -3.68. The molecule has 0 radical (unpaired) electrons. The number of para-hydroxylation sites is 1. The number of benzene rings is 1. The lowest BCUT2D eigenvalue weighted by molar-refractivity contribution is 0.591. The summed E-state index contributed by atoms with van der Waals surface area (Å²) in [6.07, 6.45) is 3.37. The largest absolute Gasteiger partial charge is 0.364 e. The molecule has 3 heterocycles. The van der Waals surface area contributed by atoms with Gasteiger partial charge >= 0.3 is 0 Å². The molecule has 1 N–H and O–H groups in total. The molecule has 0 aliphatic carbocycles. The predicted molar refractivity (Wildman–Crippen MR) is 118 cm³/mol. The first-order chi connectivity index (χ1) is 14.5. The molecular weight excluding hydrogens is 398 g/mol. The van der Waals surface area contributed by atoms with Crippen molar-refractivity contribution in [3.63, 3.8) is 0 Å². The Hall–Kier alpha value is -3.39. The molecular formula is C22H23N5O2S. The van der Waals surface area contributed by atoms with Crippen LogP contribution in [0.5, 0.6) is 0 Å². The van der Waals surface area contributed by atoms with Gasteiger partial charge in [0.15, 0.2) is 0 Å². The average Bonchev–Trinajstić information content (AvgIpc) is 3.18. The van der Waals surface area contributed by atoms with Crippen molar-refractivity contribution >= 4 is 27.2 Å². The Bertz CT molecular complexity index is 1250. The van der Waals surface area contributed by atoms with Crippen LogP contribution in [-0.4, -0.2) is 29.3 Å². The van der Waals surface area contributed by atoms with E-state index in [1.165, 1.54) is 10.5 Å². The molecule has 4 aromatic rings. The number of pyridine rings is 2. The molecule has 0 aliphatic heterocycles. The number of sulfonamides is 1. The van der Waals surface area contributed by atoms with E-state index < -0.39 is 10.0 Å². The van der Waals surface area contributed by atoms with E-state index in [9.17, 15) is 8.42 Å². The van der Waals surface area contributed by atoms with E-state index >= 15 is 0 Å². The van der Waals surface area contributed by atoms with Crippen LogP contribution in [0.4, 0.5) is 11.5 Å². The molecule has 4 rings (SSSR count). The highest BCUT2D eigenvalue weighted by molar-refractivity contribution is 7.92. The Balaban J connectivity index is 1.49. The van der Waals surface area contributed by atoms with Gasteiger partial charge < -0.3 is 9.72 Å². The SMILES string of the molecule is CCN(c1ccccc1)S(=O)(=O)c1ccc(NCc2cn3c(C)cccc3n2)nc1. The van der Waals surface area contributed by atoms with Crippen molar-refractivity contribution in [3.05, 3.63) is 84.4 Å². The number of imidazole rings is 1. The number of nitrogens with zero attached hydrogens (tertiary/aromatic N) is 4. The zero-order valence-corrected chi connectivity index (χ0v) is 17.7. The number of aromatic nitrogens is 3. The first-order valence-corrected chi connectivity index (χ1v) is 11.1. The Morgan fingerprint density at radius 3 is 2.50 bits per heavy atom. The van der Waals surface area contributed by atoms with Crippen LogP contribution in [-0.2, 0) is 16.6 Å². The molecule has 30 heavy (non-hydrogen) atoms. The lowest BCUT2D eigenvalue weighted by Crippen LogP contribution is -2.30. The van der Waals surface area contributed by atoms with Crippen LogP contribution < -0.4 is 9.62 Å². The molecule has 0 fully saturated rings. The van der Waals surface area contributed by atoms with Gasteiger partial charge in [-0.05, 0) is 50.2 Å². The first kappa shape index (κ1) is 19.9. The predicted octanol–water partition coefficient (Wildman–Crippen LogP) is 3.87. The van der Waals surface area contributed by atoms with E-state index in [2.05, 4.69) is 15.3 Å². The maximum atomic E-state index is 13.0. The summed E-state index contributed by atoms with van der Waals surface area (Å²) in [5, 5.41) is 3.20. The van der Waals surface area contributed by atoms with Crippen LogP contribution in [0.2, 0.25) is 0 Å². The molecule has 0 spiro atoms. The lowest BCUT2D eigenvalue weighted by atomic mass is 10.3. The Kier molecular flexibility index (Phi) is 5.41. The minimum absolute atomic E-state index is 0.155. The van der Waals surface area contributed by atoms with Gasteiger partial charge in [0.25, 0.3) is 10.0 Å². The van der Waals surface area contributed by atoms with Crippen LogP contribution in [0.25, 0.3) is 5.65 Å². The highest BCUT2D eigenvalue weighted by Crippen LogP contribution is 2.23. The van der Waals surface area contributed by atoms with Gasteiger partial charge in [0.05, 0.1) is 17.9 Å². The van der Waals surface area contributed by atoms with Crippen LogP contribution in [0.15, 0.2) is 78.0 Å². The van der Waals surface area contributed by atoms with Crippen molar-refractivity contribution < 1.29 is 8.42 Å². The Morgan fingerprint density at radius 1 is 1.03 bits per heavy atom. The molecule has 1 aromatic carbocycles. The van der Waals surface area contributed by atoms with Crippen molar-refractivity contribution in [3.8, 4) is 0 Å². The van der Waals surface area contributed by atoms with Gasteiger partial charge in [-0.3, -0.25) is 4.31 Å². The van der Waals surface area contributed by atoms with Crippen LogP contribution in [0.1, 0.15) is 18.3 Å². The average molecular weight is 422 g/mol. The second kappa shape index (κ2) is 8.16. The zero-order chi connectivity index (χ0) is 21.1. The fourth-order valence-electron chi connectivity index (χ4n) is 3.32. The molecule has 154 valence electrons. The molecule has 8 heteroatoms. The number of nitrogens with one attached hydrogen (secondary N) is 1. The van der Waals surface area contributed by atoms with E-state index in [4.69, 9.17) is 0 Å². The number of aryl methyl sites for hydroxylation is 1. The van der Waals surface area contributed by atoms with Gasteiger partial charge in [-0.15, -0.1) is 0 Å². The fourth-order valence-corrected chi connectivity index (χ4v) is 4.73. The summed E-state index contributed by atoms with van der Waals surface area (Å²) >= 11 is 0. The number of fused-ring (bicyclic) bond motifs is 1. The smallest absolute Gasteiger partial charge is 0.265 e. The van der Waals surface area contributed by atoms with E-state index in [0.717, 1.165) is 17.0 Å². The van der Waals surface area contributed by atoms with Gasteiger partial charge in [0, 0.05) is 24.6 Å². The number of rotatable bonds is 7. The summed E-state index contributed by atoms with van der Waals surface area (Å²) in [5.41, 5.74) is 3.51. The van der Waals surface area contributed by atoms with Crippen LogP contribution >= 0.6 is 0 Å². The second-order valence-corrected chi connectivity index (χ2v) is 8.73. The van der Waals surface area contributed by atoms with E-state index in [1.54, 1.807) is 24.3 Å². The normalized spacial score (nSPS) is 11.5. The maximum absolute atomic E-state index is 13.0. The standard InChI is InChI=1S/C22H23N5O2S/c1-3-27(19-9-5-4-6-10-19)30(28,29)20-12-13-21(24-15-20)23-14-18-16-26-17(2)8-7-11-22(26)25-18/h4-13,15-16H,3,14H2,1-2H3,(H,23,24). The van der Waals surface area contributed by atoms with Crippen LogP contribution in [0, 0.1) is 6.92 Å². The summed E-state index contributed by atoms with van der Waals surface area (Å²) in [4.78, 5) is 9.03. The third kappa shape index (κ3) is 3.86. The van der Waals surface area contributed by atoms with Crippen molar-refractivity contribution in [1.82, 2.24) is 14.4 Å². The quantitative estimate of drug-likeness (QED) is 0.490. The summed E-state index contributed by atoms with van der Waals surface area (Å²) in [6.45, 7) is 4.66. The maximum Gasteiger partial charge on any atom is 0.265 e. The van der Waals surface area contributed by atoms with E-state index in [0.29, 0.717) is 24.6 Å². The highest BCUT2D eigenvalue weighted by Gasteiger charge is 2.23. The van der Waals surface area contributed by atoms with Crippen molar-refractivity contribution in [2.75, 3.05) is 16.2 Å². The topological polar surface area (TPSA) is 79.6 Å². The number of hydrogen-bond acceptors (Lipinski definition) is 5. The Labute approximate surface area is 176 Å². The van der Waals surface area contributed by atoms with Crippen LogP contribution in [0.3, 0.4) is 0 Å². The molecule has 0 saturated carbocycles. The summed E-state index contributed by atoms with van der Waals surface area (Å²) in [6, 6.07) is 18.3. The summed E-state index contributed by atoms with van der Waals surface area (Å²) < 4.78 is 29.5. The summed E-state index contributed by atoms with van der Waals surface area (Å²) in [5.74, 6) is 0.588. The van der Waals surface area contributed by atoms with Gasteiger partial charge in [0.2, 0.25) is 0 Å². The molecule has 0 aliphatic rings. The van der Waals surface area contributed by atoms with E-state index in [-0.39, 0.29) is 4.90 Å². The second-order valence-electron chi connectivity index (χ2n) is 6.87. The molecule has 3 aromatic heterocycles. The molecule has 0 saturated heterocycles. The zero-order valence-electron chi connectivity index (χ0n) is 16.9.